The van der Waals surface area contributed by atoms with Gasteiger partial charge in [-0.2, -0.15) is 0 Å². The van der Waals surface area contributed by atoms with Crippen LogP contribution in [0.1, 0.15) is 43.7 Å². The van der Waals surface area contributed by atoms with Gasteiger partial charge in [-0.1, -0.05) is 36.8 Å². The van der Waals surface area contributed by atoms with Gasteiger partial charge in [0, 0.05) is 12.1 Å². The van der Waals surface area contributed by atoms with Crippen LogP contribution < -0.4 is 5.32 Å². The lowest BCUT2D eigenvalue weighted by molar-refractivity contribution is 0.478. The van der Waals surface area contributed by atoms with Crippen LogP contribution in [-0.2, 0) is 0 Å². The molecule has 2 rings (SSSR count). The molecule has 1 nitrogen and oxygen atoms in total. The third-order valence-corrected chi connectivity index (χ3v) is 3.43. The molecule has 0 heterocycles. The molecule has 1 aliphatic carbocycles. The van der Waals surface area contributed by atoms with E-state index in [-0.39, 0.29) is 0 Å². The van der Waals surface area contributed by atoms with Crippen LogP contribution in [0.15, 0.2) is 24.3 Å². The van der Waals surface area contributed by atoms with Gasteiger partial charge in [-0.25, -0.2) is 0 Å². The highest BCUT2D eigenvalue weighted by atomic mass is 15.0. The molecule has 1 N–H and O–H groups in total. The van der Waals surface area contributed by atoms with E-state index in [9.17, 15) is 0 Å². The smallest absolute Gasteiger partial charge is 0.0107 e. The standard InChI is InChI=1S/C14H21N/c1-10-4-6-13(7-5-10)11(2)12(3)15-14-8-9-14/h4-7,11-12,14-15H,8-9H2,1-3H3. The van der Waals surface area contributed by atoms with Crippen molar-refractivity contribution in [2.24, 2.45) is 0 Å². The van der Waals surface area contributed by atoms with Crippen molar-refractivity contribution in [1.29, 1.82) is 0 Å². The maximum Gasteiger partial charge on any atom is 0.0107 e. The summed E-state index contributed by atoms with van der Waals surface area (Å²) < 4.78 is 0. The van der Waals surface area contributed by atoms with Gasteiger partial charge in [0.05, 0.1) is 0 Å². The molecule has 0 bridgehead atoms. The molecule has 1 fully saturated rings. The maximum atomic E-state index is 3.67. The molecule has 2 atom stereocenters. The number of hydrogen-bond donors (Lipinski definition) is 1. The van der Waals surface area contributed by atoms with Crippen molar-refractivity contribution < 1.29 is 0 Å². The van der Waals surface area contributed by atoms with E-state index in [1.54, 1.807) is 0 Å². The summed E-state index contributed by atoms with van der Waals surface area (Å²) in [6, 6.07) is 10.3. The molecule has 1 aliphatic rings. The Morgan fingerprint density at radius 2 is 1.73 bits per heavy atom. The SMILES string of the molecule is Cc1ccc(C(C)C(C)NC2CC2)cc1. The van der Waals surface area contributed by atoms with Crippen LogP contribution >= 0.6 is 0 Å². The molecule has 1 aromatic carbocycles. The van der Waals surface area contributed by atoms with Crippen LogP contribution in [-0.4, -0.2) is 12.1 Å². The number of nitrogens with one attached hydrogen (secondary N) is 1. The van der Waals surface area contributed by atoms with Crippen LogP contribution in [0.25, 0.3) is 0 Å². The highest BCUT2D eigenvalue weighted by Gasteiger charge is 2.25. The van der Waals surface area contributed by atoms with E-state index in [1.165, 1.54) is 24.0 Å². The third kappa shape index (κ3) is 2.82. The lowest BCUT2D eigenvalue weighted by Gasteiger charge is -2.21. The largest absolute Gasteiger partial charge is 0.311 e. The first-order valence-electron chi connectivity index (χ1n) is 5.99. The van der Waals surface area contributed by atoms with Crippen LogP contribution in [0.4, 0.5) is 0 Å². The zero-order valence-corrected chi connectivity index (χ0v) is 9.96. The average Bonchev–Trinajstić information content (AvgIpc) is 3.02. The van der Waals surface area contributed by atoms with Crippen LogP contribution in [0.5, 0.6) is 0 Å². The van der Waals surface area contributed by atoms with Crippen molar-refractivity contribution in [3.63, 3.8) is 0 Å². The van der Waals surface area contributed by atoms with E-state index in [1.807, 2.05) is 0 Å². The maximum absolute atomic E-state index is 3.67. The predicted molar refractivity (Wildman–Crippen MR) is 65.2 cm³/mol. The van der Waals surface area contributed by atoms with E-state index in [4.69, 9.17) is 0 Å². The second-order valence-electron chi connectivity index (χ2n) is 4.93. The Hall–Kier alpha value is -0.820. The number of benzene rings is 1. The molecule has 1 heteroatoms. The monoisotopic (exact) mass is 203 g/mol. The number of aryl methyl sites for hydroxylation is 1. The molecule has 0 amide bonds. The lowest BCUT2D eigenvalue weighted by Crippen LogP contribution is -2.32. The molecule has 0 saturated heterocycles. The minimum Gasteiger partial charge on any atom is -0.311 e. The minimum absolute atomic E-state index is 0.584. The summed E-state index contributed by atoms with van der Waals surface area (Å²) in [6.45, 7) is 6.74. The van der Waals surface area contributed by atoms with Gasteiger partial charge in [-0.05, 0) is 38.2 Å². The average molecular weight is 203 g/mol. The molecular formula is C14H21N. The number of hydrogen-bond acceptors (Lipinski definition) is 1. The highest BCUT2D eigenvalue weighted by molar-refractivity contribution is 5.25. The highest BCUT2D eigenvalue weighted by Crippen LogP contribution is 2.25. The molecule has 1 saturated carbocycles. The van der Waals surface area contributed by atoms with Gasteiger partial charge < -0.3 is 5.32 Å². The summed E-state index contributed by atoms with van der Waals surface area (Å²) in [5.41, 5.74) is 2.79. The molecule has 2 unspecified atom stereocenters. The summed E-state index contributed by atoms with van der Waals surface area (Å²) in [5, 5.41) is 3.67. The minimum atomic E-state index is 0.584. The first-order chi connectivity index (χ1) is 7.16. The summed E-state index contributed by atoms with van der Waals surface area (Å²) >= 11 is 0. The Balaban J connectivity index is 1.98. The molecule has 15 heavy (non-hydrogen) atoms. The summed E-state index contributed by atoms with van der Waals surface area (Å²) in [5.74, 6) is 0.603. The zero-order valence-electron chi connectivity index (χ0n) is 9.96. The fourth-order valence-corrected chi connectivity index (χ4v) is 1.92. The second-order valence-corrected chi connectivity index (χ2v) is 4.93. The molecule has 0 spiro atoms. The normalized spacial score (nSPS) is 19.9. The van der Waals surface area contributed by atoms with Crippen LogP contribution in [0.3, 0.4) is 0 Å². The van der Waals surface area contributed by atoms with Gasteiger partial charge in [0.25, 0.3) is 0 Å². The van der Waals surface area contributed by atoms with E-state index in [2.05, 4.69) is 50.4 Å². The Kier molecular flexibility index (Phi) is 3.11. The fraction of sp³-hybridized carbons (Fsp3) is 0.571. The van der Waals surface area contributed by atoms with E-state index < -0.39 is 0 Å². The van der Waals surface area contributed by atoms with Gasteiger partial charge in [0.1, 0.15) is 0 Å². The lowest BCUT2D eigenvalue weighted by atomic mass is 9.94. The third-order valence-electron chi connectivity index (χ3n) is 3.43. The molecule has 1 aromatic rings. The van der Waals surface area contributed by atoms with Crippen LogP contribution in [0, 0.1) is 6.92 Å². The van der Waals surface area contributed by atoms with Gasteiger partial charge in [0.15, 0.2) is 0 Å². The molecular weight excluding hydrogens is 182 g/mol. The predicted octanol–water partition coefficient (Wildman–Crippen LogP) is 3.24. The first kappa shape index (κ1) is 10.7. The molecule has 0 radical (unpaired) electrons. The Labute approximate surface area is 92.9 Å². The van der Waals surface area contributed by atoms with E-state index in [0.29, 0.717) is 12.0 Å². The summed E-state index contributed by atoms with van der Waals surface area (Å²) in [7, 11) is 0. The molecule has 82 valence electrons. The van der Waals surface area contributed by atoms with Gasteiger partial charge in [0.2, 0.25) is 0 Å². The zero-order chi connectivity index (χ0) is 10.8. The summed E-state index contributed by atoms with van der Waals surface area (Å²) in [6.07, 6.45) is 2.73. The Bertz CT molecular complexity index is 311. The van der Waals surface area contributed by atoms with Gasteiger partial charge >= 0.3 is 0 Å². The van der Waals surface area contributed by atoms with Gasteiger partial charge in [-0.3, -0.25) is 0 Å². The number of rotatable bonds is 4. The molecule has 0 aromatic heterocycles. The molecule has 0 aliphatic heterocycles. The van der Waals surface area contributed by atoms with Crippen molar-refractivity contribution >= 4 is 0 Å². The van der Waals surface area contributed by atoms with Crippen molar-refractivity contribution in [2.45, 2.75) is 51.6 Å². The van der Waals surface area contributed by atoms with E-state index >= 15 is 0 Å². The summed E-state index contributed by atoms with van der Waals surface area (Å²) in [4.78, 5) is 0. The van der Waals surface area contributed by atoms with Crippen molar-refractivity contribution in [3.8, 4) is 0 Å². The Morgan fingerprint density at radius 3 is 2.27 bits per heavy atom. The van der Waals surface area contributed by atoms with Gasteiger partial charge in [-0.15, -0.1) is 0 Å². The van der Waals surface area contributed by atoms with Crippen molar-refractivity contribution in [2.75, 3.05) is 0 Å². The van der Waals surface area contributed by atoms with Crippen LogP contribution in [0.2, 0.25) is 0 Å². The fourth-order valence-electron chi connectivity index (χ4n) is 1.92. The quantitative estimate of drug-likeness (QED) is 0.792. The Morgan fingerprint density at radius 1 is 1.13 bits per heavy atom. The topological polar surface area (TPSA) is 12.0 Å². The second kappa shape index (κ2) is 4.36. The van der Waals surface area contributed by atoms with Crippen molar-refractivity contribution in [1.82, 2.24) is 5.32 Å². The van der Waals surface area contributed by atoms with E-state index in [0.717, 1.165) is 6.04 Å². The van der Waals surface area contributed by atoms with Crippen molar-refractivity contribution in [3.05, 3.63) is 35.4 Å². The first-order valence-corrected chi connectivity index (χ1v) is 5.99.